The van der Waals surface area contributed by atoms with Crippen molar-refractivity contribution in [2.45, 2.75) is 69.8 Å². The highest BCUT2D eigenvalue weighted by Gasteiger charge is 2.28. The van der Waals surface area contributed by atoms with Crippen LogP contribution in [0.25, 0.3) is 16.5 Å². The summed E-state index contributed by atoms with van der Waals surface area (Å²) < 4.78 is 46.8. The van der Waals surface area contributed by atoms with E-state index in [2.05, 4.69) is 56.5 Å². The van der Waals surface area contributed by atoms with Crippen LogP contribution in [0.3, 0.4) is 0 Å². The van der Waals surface area contributed by atoms with Crippen molar-refractivity contribution < 1.29 is 27.4 Å². The molecule has 1 saturated carbocycles. The summed E-state index contributed by atoms with van der Waals surface area (Å²) in [4.78, 5) is 17.7. The van der Waals surface area contributed by atoms with Crippen LogP contribution in [0.1, 0.15) is 74.7 Å². The van der Waals surface area contributed by atoms with E-state index >= 15 is 0 Å². The molecule has 2 aliphatic rings. The number of sulfonamides is 1. The van der Waals surface area contributed by atoms with Crippen LogP contribution in [0.5, 0.6) is 17.4 Å². The number of H-pyrrole nitrogens is 1. The van der Waals surface area contributed by atoms with Crippen molar-refractivity contribution in [2.24, 2.45) is 11.3 Å². The number of hydrogen-bond donors (Lipinski definition) is 4. The van der Waals surface area contributed by atoms with Gasteiger partial charge >= 0.3 is 0 Å². The highest BCUT2D eigenvalue weighted by molar-refractivity contribution is 7.90. The van der Waals surface area contributed by atoms with Crippen molar-refractivity contribution in [1.82, 2.24) is 25.2 Å². The molecule has 3 aromatic carbocycles. The molecule has 2 heterocycles. The van der Waals surface area contributed by atoms with Gasteiger partial charge in [-0.05, 0) is 110 Å². The van der Waals surface area contributed by atoms with Crippen molar-refractivity contribution in [1.29, 1.82) is 0 Å². The largest absolute Gasteiger partial charge is 0.476 e. The highest BCUT2D eigenvalue weighted by atomic mass is 35.5. The summed E-state index contributed by atoms with van der Waals surface area (Å²) in [7, 11) is -2.67. The third-order valence-electron chi connectivity index (χ3n) is 11.1. The molecule has 1 amide bonds. The minimum atomic E-state index is -4.40. The van der Waals surface area contributed by atoms with E-state index in [4.69, 9.17) is 37.4 Å². The molecule has 0 atom stereocenters. The number of anilines is 1. The third kappa shape index (κ3) is 10.8. The first-order valence-electron chi connectivity index (χ1n) is 19.9. The summed E-state index contributed by atoms with van der Waals surface area (Å²) >= 11 is 12.6. The lowest BCUT2D eigenvalue weighted by molar-refractivity contribution is 0.0478. The molecule has 0 unspecified atom stereocenters. The molecule has 0 spiro atoms. The number of carbonyl (C=O) groups is 1. The molecule has 15 heteroatoms. The van der Waals surface area contributed by atoms with Crippen molar-refractivity contribution in [3.63, 3.8) is 0 Å². The quantitative estimate of drug-likeness (QED) is 0.0705. The molecule has 0 radical (unpaired) electrons. The van der Waals surface area contributed by atoms with Crippen LogP contribution < -0.4 is 24.8 Å². The molecule has 1 fully saturated rings. The van der Waals surface area contributed by atoms with Gasteiger partial charge in [0.2, 0.25) is 5.88 Å². The molecular weight excluding hydrogens is 811 g/mol. The van der Waals surface area contributed by atoms with Crippen LogP contribution in [-0.4, -0.2) is 69.0 Å². The van der Waals surface area contributed by atoms with E-state index in [9.17, 15) is 13.2 Å². The maximum Gasteiger partial charge on any atom is 0.268 e. The van der Waals surface area contributed by atoms with Crippen molar-refractivity contribution in [3.05, 3.63) is 106 Å². The lowest BCUT2D eigenvalue weighted by Gasteiger charge is -2.34. The zero-order valence-electron chi connectivity index (χ0n) is 33.4. The zero-order chi connectivity index (χ0) is 41.6. The molecule has 0 saturated heterocycles. The van der Waals surface area contributed by atoms with Crippen LogP contribution in [0.4, 0.5) is 5.69 Å². The maximum absolute atomic E-state index is 13.8. The molecule has 312 valence electrons. The summed E-state index contributed by atoms with van der Waals surface area (Å²) in [5.41, 5.74) is 5.64. The van der Waals surface area contributed by atoms with Gasteiger partial charge in [0, 0.05) is 43.5 Å². The van der Waals surface area contributed by atoms with E-state index in [0.717, 1.165) is 68.2 Å². The van der Waals surface area contributed by atoms with E-state index in [-0.39, 0.29) is 38.6 Å². The number of allylic oxidation sites excluding steroid dienone is 1. The Morgan fingerprint density at radius 3 is 2.53 bits per heavy atom. The first-order chi connectivity index (χ1) is 28.4. The number of carbonyl (C=O) groups excluding carboxylic acids is 1. The number of nitrogens with zero attached hydrogens (tertiary/aromatic N) is 2. The van der Waals surface area contributed by atoms with Gasteiger partial charge in [-0.25, -0.2) is 18.1 Å². The van der Waals surface area contributed by atoms with Gasteiger partial charge in [0.25, 0.3) is 15.9 Å². The van der Waals surface area contributed by atoms with Crippen molar-refractivity contribution in [3.8, 4) is 17.4 Å². The molecule has 12 nitrogen and oxygen atoms in total. The van der Waals surface area contributed by atoms with Crippen LogP contribution in [0.15, 0.2) is 89.6 Å². The number of ether oxygens (including phenoxy) is 3. The van der Waals surface area contributed by atoms with E-state index in [1.807, 2.05) is 18.2 Å². The number of aromatic nitrogens is 3. The second kappa shape index (κ2) is 18.7. The molecular formula is C44H50Cl2N6O6S. The number of pyridine rings is 1. The van der Waals surface area contributed by atoms with Crippen LogP contribution >= 0.6 is 23.2 Å². The summed E-state index contributed by atoms with van der Waals surface area (Å²) in [6.07, 6.45) is 9.98. The number of aromatic amines is 1. The van der Waals surface area contributed by atoms with Gasteiger partial charge < -0.3 is 24.8 Å². The minimum Gasteiger partial charge on any atom is -0.476 e. The second-order valence-corrected chi connectivity index (χ2v) is 18.5. The number of nitrogens with one attached hydrogen (secondary N) is 4. The normalized spacial score (nSPS) is 18.1. The second-order valence-electron chi connectivity index (χ2n) is 16.0. The fourth-order valence-electron chi connectivity index (χ4n) is 7.70. The number of rotatable bonds is 16. The Bertz CT molecular complexity index is 2410. The molecule has 0 bridgehead atoms. The van der Waals surface area contributed by atoms with E-state index in [1.54, 1.807) is 37.6 Å². The smallest absolute Gasteiger partial charge is 0.268 e. The third-order valence-corrected chi connectivity index (χ3v) is 13.0. The Balaban J connectivity index is 1.02. The van der Waals surface area contributed by atoms with Crippen molar-refractivity contribution in [2.75, 3.05) is 38.7 Å². The number of methoxy groups -OCH3 is 1. The molecule has 2 aromatic heterocycles. The number of halogens is 2. The maximum atomic E-state index is 13.8. The highest BCUT2D eigenvalue weighted by Crippen LogP contribution is 2.43. The van der Waals surface area contributed by atoms with E-state index in [1.165, 1.54) is 28.8 Å². The molecule has 2 aliphatic carbocycles. The van der Waals surface area contributed by atoms with Gasteiger partial charge in [-0.2, -0.15) is 5.10 Å². The first-order valence-corrected chi connectivity index (χ1v) is 22.1. The molecule has 7 rings (SSSR count). The first kappa shape index (κ1) is 42.5. The molecule has 59 heavy (non-hydrogen) atoms. The molecule has 5 aromatic rings. The summed E-state index contributed by atoms with van der Waals surface area (Å²) in [5.74, 6) is 0.142. The Kier molecular flexibility index (Phi) is 13.5. The minimum absolute atomic E-state index is 0.00170. The monoisotopic (exact) mass is 860 g/mol. The Labute approximate surface area is 355 Å². The Morgan fingerprint density at radius 1 is 0.966 bits per heavy atom. The van der Waals surface area contributed by atoms with E-state index < -0.39 is 15.9 Å². The average molecular weight is 862 g/mol. The SMILES string of the molecule is COC1CCC(COc2ncc(S(=O)(=O)NC(=O)c3ccc(NCCNCC4=C(c5ccc(Cl)cc5)CC(C)(C)CC4)cc3Oc3cccc4[nH]ncc34)cc2Cl)CC1. The Hall–Kier alpha value is -4.66. The van der Waals surface area contributed by atoms with Crippen LogP contribution in [-0.2, 0) is 14.8 Å². The lowest BCUT2D eigenvalue weighted by Crippen LogP contribution is -2.31. The lowest BCUT2D eigenvalue weighted by atomic mass is 9.72. The van der Waals surface area contributed by atoms with Crippen LogP contribution in [0, 0.1) is 11.3 Å². The number of fused-ring (bicyclic) bond motifs is 1. The summed E-state index contributed by atoms with van der Waals surface area (Å²) in [6.45, 7) is 7.05. The van der Waals surface area contributed by atoms with E-state index in [0.29, 0.717) is 42.4 Å². The van der Waals surface area contributed by atoms with Gasteiger partial charge in [-0.15, -0.1) is 0 Å². The van der Waals surface area contributed by atoms with Crippen LogP contribution in [0.2, 0.25) is 10.0 Å². The average Bonchev–Trinajstić information content (AvgIpc) is 3.71. The fourth-order valence-corrected chi connectivity index (χ4v) is 9.05. The number of amides is 1. The fraction of sp³-hybridized carbons (Fsp3) is 0.386. The number of benzene rings is 3. The molecule has 4 N–H and O–H groups in total. The Morgan fingerprint density at radius 2 is 1.76 bits per heavy atom. The number of hydrogen-bond acceptors (Lipinski definition) is 10. The van der Waals surface area contributed by atoms with Crippen molar-refractivity contribution >= 4 is 61.3 Å². The predicted octanol–water partition coefficient (Wildman–Crippen LogP) is 9.43. The van der Waals surface area contributed by atoms with Gasteiger partial charge in [-0.1, -0.05) is 60.8 Å². The standard InChI is InChI=1S/C44H50Cl2N6O6S/c1-44(2)18-17-30(36(23-44)29-9-11-31(45)12-10-29)24-47-19-20-48-32-13-16-35(41(21-32)58-40-6-4-5-39-37(40)26-50-51-39)42(53)52-59(54,55)34-22-38(46)43(49-25-34)57-27-28-7-14-33(56-3)15-8-28/h4-6,9-13,16,21-22,25-26,28,33,47-48H,7-8,14-15,17-20,23-24,27H2,1-3H3,(H,50,51)(H,52,53). The van der Waals surface area contributed by atoms with Gasteiger partial charge in [0.15, 0.2) is 0 Å². The molecule has 0 aliphatic heterocycles. The summed E-state index contributed by atoms with van der Waals surface area (Å²) in [6, 6.07) is 19.6. The van der Waals surface area contributed by atoms with Gasteiger partial charge in [0.1, 0.15) is 21.4 Å². The zero-order valence-corrected chi connectivity index (χ0v) is 35.8. The van der Waals surface area contributed by atoms with Gasteiger partial charge in [-0.3, -0.25) is 9.89 Å². The van der Waals surface area contributed by atoms with Gasteiger partial charge in [0.05, 0.1) is 41.6 Å². The summed E-state index contributed by atoms with van der Waals surface area (Å²) in [5, 5.41) is 15.5. The predicted molar refractivity (Wildman–Crippen MR) is 232 cm³/mol. The topological polar surface area (TPSA) is 157 Å².